The standard InChI is InChI=1S/C12H9NS/c1-2-4-10-9(3-1)5-6-11-12(10)13-7-8-14-11/h1-7H,8H2. The number of hydrogen-bond acceptors (Lipinski definition) is 2. The van der Waals surface area contributed by atoms with Gasteiger partial charge in [0.15, 0.2) is 0 Å². The molecule has 2 heteroatoms. The van der Waals surface area contributed by atoms with Crippen LogP contribution in [0.5, 0.6) is 0 Å². The molecule has 0 radical (unpaired) electrons. The van der Waals surface area contributed by atoms with Gasteiger partial charge in [-0.15, -0.1) is 11.8 Å². The van der Waals surface area contributed by atoms with E-state index in [1.807, 2.05) is 18.0 Å². The van der Waals surface area contributed by atoms with Crippen LogP contribution in [0.25, 0.3) is 10.8 Å². The Bertz CT molecular complexity index is 517. The first-order chi connectivity index (χ1) is 6.95. The first kappa shape index (κ1) is 8.06. The predicted molar refractivity (Wildman–Crippen MR) is 62.8 cm³/mol. The van der Waals surface area contributed by atoms with Gasteiger partial charge in [0.05, 0.1) is 5.69 Å². The van der Waals surface area contributed by atoms with Gasteiger partial charge in [-0.25, -0.2) is 0 Å². The Hall–Kier alpha value is -1.28. The SMILES string of the molecule is C1=Nc2c(ccc3ccccc23)SC1. The Morgan fingerprint density at radius 1 is 1.07 bits per heavy atom. The Balaban J connectivity index is 2.42. The molecule has 0 atom stereocenters. The summed E-state index contributed by atoms with van der Waals surface area (Å²) in [5.41, 5.74) is 1.14. The van der Waals surface area contributed by atoms with Gasteiger partial charge in [-0.2, -0.15) is 0 Å². The normalized spacial score (nSPS) is 14.3. The zero-order chi connectivity index (χ0) is 9.38. The molecule has 0 saturated carbocycles. The summed E-state index contributed by atoms with van der Waals surface area (Å²) >= 11 is 1.85. The monoisotopic (exact) mass is 199 g/mol. The summed E-state index contributed by atoms with van der Waals surface area (Å²) in [7, 11) is 0. The molecule has 2 aromatic rings. The summed E-state index contributed by atoms with van der Waals surface area (Å²) in [6.07, 6.45) is 1.99. The lowest BCUT2D eigenvalue weighted by Crippen LogP contribution is -1.88. The molecule has 1 heterocycles. The fourth-order valence-corrected chi connectivity index (χ4v) is 2.53. The Kier molecular flexibility index (Phi) is 1.81. The fraction of sp³-hybridized carbons (Fsp3) is 0.0833. The van der Waals surface area contributed by atoms with Gasteiger partial charge in [0.1, 0.15) is 0 Å². The smallest absolute Gasteiger partial charge is 0.0840 e. The fourth-order valence-electron chi connectivity index (χ4n) is 1.74. The summed E-state index contributed by atoms with van der Waals surface area (Å²) < 4.78 is 0. The second-order valence-electron chi connectivity index (χ2n) is 3.26. The van der Waals surface area contributed by atoms with E-state index in [0.29, 0.717) is 0 Å². The lowest BCUT2D eigenvalue weighted by molar-refractivity contribution is 1.40. The molecular weight excluding hydrogens is 190 g/mol. The molecule has 0 bridgehead atoms. The van der Waals surface area contributed by atoms with Crippen LogP contribution < -0.4 is 0 Å². The van der Waals surface area contributed by atoms with Crippen LogP contribution in [-0.4, -0.2) is 12.0 Å². The molecular formula is C12H9NS. The van der Waals surface area contributed by atoms with Crippen LogP contribution in [0.4, 0.5) is 5.69 Å². The van der Waals surface area contributed by atoms with Crippen molar-refractivity contribution in [1.82, 2.24) is 0 Å². The molecule has 3 rings (SSSR count). The van der Waals surface area contributed by atoms with Gasteiger partial charge in [0, 0.05) is 22.2 Å². The molecule has 2 aromatic carbocycles. The van der Waals surface area contributed by atoms with Crippen molar-refractivity contribution < 1.29 is 0 Å². The van der Waals surface area contributed by atoms with Crippen LogP contribution in [0.2, 0.25) is 0 Å². The van der Waals surface area contributed by atoms with Crippen molar-refractivity contribution in [1.29, 1.82) is 0 Å². The van der Waals surface area contributed by atoms with Gasteiger partial charge >= 0.3 is 0 Å². The number of aliphatic imine (C=N–C) groups is 1. The van der Waals surface area contributed by atoms with Gasteiger partial charge in [-0.05, 0) is 11.5 Å². The molecule has 0 saturated heterocycles. The average molecular weight is 199 g/mol. The molecule has 0 unspecified atom stereocenters. The van der Waals surface area contributed by atoms with E-state index < -0.39 is 0 Å². The summed E-state index contributed by atoms with van der Waals surface area (Å²) in [4.78, 5) is 5.77. The van der Waals surface area contributed by atoms with Gasteiger partial charge in [-0.1, -0.05) is 30.3 Å². The highest BCUT2D eigenvalue weighted by atomic mass is 32.2. The van der Waals surface area contributed by atoms with Crippen molar-refractivity contribution in [2.45, 2.75) is 4.90 Å². The molecule has 0 spiro atoms. The van der Waals surface area contributed by atoms with Gasteiger partial charge in [0.25, 0.3) is 0 Å². The molecule has 0 N–H and O–H groups in total. The van der Waals surface area contributed by atoms with Crippen LogP contribution in [0.1, 0.15) is 0 Å². The van der Waals surface area contributed by atoms with Crippen LogP contribution >= 0.6 is 11.8 Å². The number of rotatable bonds is 0. The number of thioether (sulfide) groups is 1. The van der Waals surface area contributed by atoms with E-state index >= 15 is 0 Å². The Morgan fingerprint density at radius 3 is 3.00 bits per heavy atom. The number of hydrogen-bond donors (Lipinski definition) is 0. The lowest BCUT2D eigenvalue weighted by atomic mass is 10.1. The summed E-state index contributed by atoms with van der Waals surface area (Å²) in [6.45, 7) is 0. The van der Waals surface area contributed by atoms with Gasteiger partial charge in [0.2, 0.25) is 0 Å². The van der Waals surface area contributed by atoms with E-state index in [-0.39, 0.29) is 0 Å². The number of fused-ring (bicyclic) bond motifs is 3. The van der Waals surface area contributed by atoms with E-state index in [2.05, 4.69) is 41.4 Å². The van der Waals surface area contributed by atoms with Crippen molar-refractivity contribution in [2.24, 2.45) is 4.99 Å². The topological polar surface area (TPSA) is 12.4 Å². The molecule has 1 aliphatic rings. The van der Waals surface area contributed by atoms with E-state index in [0.717, 1.165) is 11.4 Å². The first-order valence-electron chi connectivity index (χ1n) is 4.62. The van der Waals surface area contributed by atoms with Crippen LogP contribution in [-0.2, 0) is 0 Å². The summed E-state index contributed by atoms with van der Waals surface area (Å²) in [6, 6.07) is 12.7. The van der Waals surface area contributed by atoms with Crippen LogP contribution in [0.3, 0.4) is 0 Å². The molecule has 0 fully saturated rings. The molecule has 14 heavy (non-hydrogen) atoms. The summed E-state index contributed by atoms with van der Waals surface area (Å²) in [5, 5.41) is 2.53. The molecule has 0 aliphatic carbocycles. The summed E-state index contributed by atoms with van der Waals surface area (Å²) in [5.74, 6) is 0.991. The van der Waals surface area contributed by atoms with Gasteiger partial charge < -0.3 is 0 Å². The minimum atomic E-state index is 0.991. The second kappa shape index (κ2) is 3.14. The minimum absolute atomic E-state index is 0.991. The van der Waals surface area contributed by atoms with Crippen molar-refractivity contribution in [3.8, 4) is 0 Å². The minimum Gasteiger partial charge on any atom is -0.259 e. The number of nitrogens with zero attached hydrogens (tertiary/aromatic N) is 1. The molecule has 68 valence electrons. The van der Waals surface area contributed by atoms with Crippen molar-refractivity contribution in [2.75, 3.05) is 5.75 Å². The van der Waals surface area contributed by atoms with E-state index in [1.165, 1.54) is 15.7 Å². The van der Waals surface area contributed by atoms with E-state index in [1.54, 1.807) is 0 Å². The number of benzene rings is 2. The highest BCUT2D eigenvalue weighted by molar-refractivity contribution is 8.00. The molecule has 0 amide bonds. The predicted octanol–water partition coefficient (Wildman–Crippen LogP) is 3.65. The average Bonchev–Trinajstić information content (AvgIpc) is 2.29. The zero-order valence-corrected chi connectivity index (χ0v) is 8.42. The maximum absolute atomic E-state index is 4.48. The Labute approximate surface area is 86.9 Å². The van der Waals surface area contributed by atoms with Crippen LogP contribution in [0.15, 0.2) is 46.3 Å². The zero-order valence-electron chi connectivity index (χ0n) is 7.60. The van der Waals surface area contributed by atoms with Crippen LogP contribution in [0, 0.1) is 0 Å². The van der Waals surface area contributed by atoms with E-state index in [9.17, 15) is 0 Å². The van der Waals surface area contributed by atoms with Crippen molar-refractivity contribution in [3.63, 3.8) is 0 Å². The maximum atomic E-state index is 4.48. The van der Waals surface area contributed by atoms with E-state index in [4.69, 9.17) is 0 Å². The van der Waals surface area contributed by atoms with Crippen molar-refractivity contribution in [3.05, 3.63) is 36.4 Å². The highest BCUT2D eigenvalue weighted by Crippen LogP contribution is 2.38. The quantitative estimate of drug-likeness (QED) is 0.631. The third kappa shape index (κ3) is 1.15. The third-order valence-corrected chi connectivity index (χ3v) is 3.35. The Morgan fingerprint density at radius 2 is 2.00 bits per heavy atom. The second-order valence-corrected chi connectivity index (χ2v) is 4.32. The molecule has 1 aliphatic heterocycles. The molecule has 0 aromatic heterocycles. The maximum Gasteiger partial charge on any atom is 0.0840 e. The molecule has 1 nitrogen and oxygen atoms in total. The van der Waals surface area contributed by atoms with Crippen molar-refractivity contribution >= 4 is 34.4 Å². The lowest BCUT2D eigenvalue weighted by Gasteiger charge is -2.11. The third-order valence-electron chi connectivity index (χ3n) is 2.40. The highest BCUT2D eigenvalue weighted by Gasteiger charge is 2.08. The van der Waals surface area contributed by atoms with Gasteiger partial charge in [-0.3, -0.25) is 4.99 Å². The largest absolute Gasteiger partial charge is 0.259 e. The first-order valence-corrected chi connectivity index (χ1v) is 5.61.